The van der Waals surface area contributed by atoms with Gasteiger partial charge in [0, 0.05) is 13.5 Å². The standard InChI is InChI=1S/C18H19NO4/c1-23-16(14-10-6-3-7-11-14)17(20)19-15(18(21)22)12-13-8-4-2-5-9-13/h2-11,15-16H,12H2,1H3,(H,19,20)(H,21,22)/t15-,16+/m1/s1. The highest BCUT2D eigenvalue weighted by atomic mass is 16.5. The maximum atomic E-state index is 12.4. The van der Waals surface area contributed by atoms with Crippen LogP contribution in [0.4, 0.5) is 0 Å². The van der Waals surface area contributed by atoms with Crippen LogP contribution in [0.2, 0.25) is 0 Å². The summed E-state index contributed by atoms with van der Waals surface area (Å²) in [4.78, 5) is 23.8. The fourth-order valence-electron chi connectivity index (χ4n) is 2.32. The van der Waals surface area contributed by atoms with Crippen molar-refractivity contribution in [1.29, 1.82) is 0 Å². The van der Waals surface area contributed by atoms with Crippen LogP contribution in [0.15, 0.2) is 60.7 Å². The number of methoxy groups -OCH3 is 1. The van der Waals surface area contributed by atoms with Gasteiger partial charge in [0.05, 0.1) is 0 Å². The van der Waals surface area contributed by atoms with Crippen LogP contribution >= 0.6 is 0 Å². The van der Waals surface area contributed by atoms with Crippen LogP contribution in [-0.2, 0) is 20.7 Å². The minimum absolute atomic E-state index is 0.215. The monoisotopic (exact) mass is 313 g/mol. The molecule has 2 rings (SSSR count). The largest absolute Gasteiger partial charge is 0.480 e. The van der Waals surface area contributed by atoms with E-state index in [1.165, 1.54) is 7.11 Å². The van der Waals surface area contributed by atoms with Gasteiger partial charge in [-0.3, -0.25) is 4.79 Å². The third kappa shape index (κ3) is 4.66. The summed E-state index contributed by atoms with van der Waals surface area (Å²) in [5.41, 5.74) is 1.52. The third-order valence-corrected chi connectivity index (χ3v) is 3.47. The maximum Gasteiger partial charge on any atom is 0.326 e. The molecule has 2 atom stereocenters. The molecule has 2 N–H and O–H groups in total. The lowest BCUT2D eigenvalue weighted by Gasteiger charge is -2.20. The first-order chi connectivity index (χ1) is 11.1. The van der Waals surface area contributed by atoms with Crippen molar-refractivity contribution in [3.63, 3.8) is 0 Å². The number of hydrogen-bond donors (Lipinski definition) is 2. The van der Waals surface area contributed by atoms with Gasteiger partial charge in [0.25, 0.3) is 5.91 Å². The minimum atomic E-state index is -1.08. The summed E-state index contributed by atoms with van der Waals surface area (Å²) in [6, 6.07) is 17.1. The molecule has 0 spiro atoms. The van der Waals surface area contributed by atoms with E-state index in [-0.39, 0.29) is 6.42 Å². The number of carboxylic acids is 1. The van der Waals surface area contributed by atoms with Crippen LogP contribution in [0.25, 0.3) is 0 Å². The van der Waals surface area contributed by atoms with Crippen LogP contribution in [0.1, 0.15) is 17.2 Å². The summed E-state index contributed by atoms with van der Waals surface area (Å²) in [5.74, 6) is -1.55. The van der Waals surface area contributed by atoms with E-state index in [1.54, 1.807) is 24.3 Å². The van der Waals surface area contributed by atoms with Crippen LogP contribution < -0.4 is 5.32 Å². The molecule has 1 amide bonds. The van der Waals surface area contributed by atoms with Gasteiger partial charge in [-0.25, -0.2) is 4.79 Å². The molecule has 23 heavy (non-hydrogen) atoms. The van der Waals surface area contributed by atoms with Crippen molar-refractivity contribution in [2.75, 3.05) is 7.11 Å². The summed E-state index contributed by atoms with van der Waals surface area (Å²) in [7, 11) is 1.42. The molecular formula is C18H19NO4. The van der Waals surface area contributed by atoms with E-state index < -0.39 is 24.0 Å². The van der Waals surface area contributed by atoms with Gasteiger partial charge < -0.3 is 15.2 Å². The van der Waals surface area contributed by atoms with Crippen molar-refractivity contribution in [2.24, 2.45) is 0 Å². The first-order valence-corrected chi connectivity index (χ1v) is 7.26. The summed E-state index contributed by atoms with van der Waals surface area (Å²) < 4.78 is 5.22. The Labute approximate surface area is 134 Å². The second-order valence-corrected chi connectivity index (χ2v) is 5.12. The van der Waals surface area contributed by atoms with Gasteiger partial charge in [0.1, 0.15) is 6.04 Å². The second-order valence-electron chi connectivity index (χ2n) is 5.12. The lowest BCUT2D eigenvalue weighted by Crippen LogP contribution is -2.44. The maximum absolute atomic E-state index is 12.4. The number of aliphatic carboxylic acids is 1. The molecule has 0 bridgehead atoms. The van der Waals surface area contributed by atoms with E-state index in [0.717, 1.165) is 5.56 Å². The predicted molar refractivity (Wildman–Crippen MR) is 85.9 cm³/mol. The first-order valence-electron chi connectivity index (χ1n) is 7.26. The van der Waals surface area contributed by atoms with Gasteiger partial charge in [-0.2, -0.15) is 0 Å². The second kappa shape index (κ2) is 8.10. The highest BCUT2D eigenvalue weighted by Gasteiger charge is 2.26. The first kappa shape index (κ1) is 16.7. The van der Waals surface area contributed by atoms with Crippen molar-refractivity contribution in [3.8, 4) is 0 Å². The van der Waals surface area contributed by atoms with E-state index in [0.29, 0.717) is 5.56 Å². The number of carboxylic acid groups (broad SMARTS) is 1. The molecule has 0 aliphatic carbocycles. The zero-order chi connectivity index (χ0) is 16.7. The van der Waals surface area contributed by atoms with Crippen LogP contribution in [0.3, 0.4) is 0 Å². The van der Waals surface area contributed by atoms with E-state index >= 15 is 0 Å². The number of ether oxygens (including phenoxy) is 1. The van der Waals surface area contributed by atoms with Crippen molar-refractivity contribution in [1.82, 2.24) is 5.32 Å². The average molecular weight is 313 g/mol. The van der Waals surface area contributed by atoms with E-state index in [9.17, 15) is 14.7 Å². The molecule has 2 aromatic rings. The van der Waals surface area contributed by atoms with Crippen LogP contribution in [0, 0.1) is 0 Å². The molecule has 0 radical (unpaired) electrons. The molecule has 0 aromatic heterocycles. The number of benzene rings is 2. The zero-order valence-electron chi connectivity index (χ0n) is 12.8. The average Bonchev–Trinajstić information content (AvgIpc) is 2.57. The Hall–Kier alpha value is -2.66. The van der Waals surface area contributed by atoms with E-state index in [2.05, 4.69) is 5.32 Å². The van der Waals surface area contributed by atoms with Crippen molar-refractivity contribution >= 4 is 11.9 Å². The third-order valence-electron chi connectivity index (χ3n) is 3.47. The molecule has 0 aliphatic rings. The molecule has 0 unspecified atom stereocenters. The summed E-state index contributed by atoms with van der Waals surface area (Å²) in [5, 5.41) is 11.9. The minimum Gasteiger partial charge on any atom is -0.480 e. The smallest absolute Gasteiger partial charge is 0.326 e. The topological polar surface area (TPSA) is 75.6 Å². The van der Waals surface area contributed by atoms with Crippen LogP contribution in [0.5, 0.6) is 0 Å². The fourth-order valence-corrected chi connectivity index (χ4v) is 2.32. The summed E-state index contributed by atoms with van der Waals surface area (Å²) in [6.07, 6.45) is -0.624. The molecule has 2 aromatic carbocycles. The number of hydrogen-bond acceptors (Lipinski definition) is 3. The van der Waals surface area contributed by atoms with Crippen molar-refractivity contribution in [2.45, 2.75) is 18.6 Å². The Kier molecular flexibility index (Phi) is 5.88. The zero-order valence-corrected chi connectivity index (χ0v) is 12.8. The SMILES string of the molecule is CO[C@H](C(=O)N[C@H](Cc1ccccc1)C(=O)O)c1ccccc1. The van der Waals surface area contributed by atoms with Gasteiger partial charge in [0.2, 0.25) is 0 Å². The van der Waals surface area contributed by atoms with Gasteiger partial charge in [0.15, 0.2) is 6.10 Å². The molecule has 0 heterocycles. The van der Waals surface area contributed by atoms with Crippen molar-refractivity contribution < 1.29 is 19.4 Å². The number of amides is 1. The van der Waals surface area contributed by atoms with E-state index in [1.807, 2.05) is 36.4 Å². The summed E-state index contributed by atoms with van der Waals surface area (Å²) >= 11 is 0. The molecular weight excluding hydrogens is 294 g/mol. The molecule has 5 heteroatoms. The van der Waals surface area contributed by atoms with Gasteiger partial charge >= 0.3 is 5.97 Å². The molecule has 5 nitrogen and oxygen atoms in total. The molecule has 0 fully saturated rings. The Morgan fingerprint density at radius 3 is 2.13 bits per heavy atom. The van der Waals surface area contributed by atoms with Crippen molar-refractivity contribution in [3.05, 3.63) is 71.8 Å². The highest BCUT2D eigenvalue weighted by molar-refractivity contribution is 5.87. The number of carbonyl (C=O) groups excluding carboxylic acids is 1. The van der Waals surface area contributed by atoms with Gasteiger partial charge in [-0.05, 0) is 11.1 Å². The number of nitrogens with one attached hydrogen (secondary N) is 1. The van der Waals surface area contributed by atoms with Gasteiger partial charge in [-0.1, -0.05) is 60.7 Å². The number of rotatable bonds is 7. The molecule has 0 aliphatic heterocycles. The normalized spacial score (nSPS) is 13.1. The van der Waals surface area contributed by atoms with Gasteiger partial charge in [-0.15, -0.1) is 0 Å². The highest BCUT2D eigenvalue weighted by Crippen LogP contribution is 2.17. The molecule has 0 saturated heterocycles. The Morgan fingerprint density at radius 2 is 1.61 bits per heavy atom. The Bertz CT molecular complexity index is 643. The fraction of sp³-hybridized carbons (Fsp3) is 0.222. The lowest BCUT2D eigenvalue weighted by molar-refractivity contribution is -0.144. The Balaban J connectivity index is 2.09. The Morgan fingerprint density at radius 1 is 1.04 bits per heavy atom. The lowest BCUT2D eigenvalue weighted by atomic mass is 10.0. The predicted octanol–water partition coefficient (Wildman–Crippen LogP) is 2.19. The van der Waals surface area contributed by atoms with E-state index in [4.69, 9.17) is 4.74 Å². The van der Waals surface area contributed by atoms with Crippen LogP contribution in [-0.4, -0.2) is 30.1 Å². The quantitative estimate of drug-likeness (QED) is 0.821. The molecule has 120 valence electrons. The number of carbonyl (C=O) groups is 2. The summed E-state index contributed by atoms with van der Waals surface area (Å²) in [6.45, 7) is 0. The molecule has 0 saturated carbocycles.